The van der Waals surface area contributed by atoms with Crippen LogP contribution in [0.5, 0.6) is 5.75 Å². The standard InChI is InChI=1S/C21H21F3N6O2S/c1-11(2)32-14-6-7-15(25-10-14)17-27-20(33-29-17)28-18-16(30(3)19(31)12-4-5-12)8-13(9-26-18)21(22,23)24/h6-12H,4-5H2,1-3H3,(H,26,27,28,29). The summed E-state index contributed by atoms with van der Waals surface area (Å²) in [5.41, 5.74) is -0.409. The first-order valence-corrected chi connectivity index (χ1v) is 11.0. The van der Waals surface area contributed by atoms with Gasteiger partial charge in [0.2, 0.25) is 11.0 Å². The molecule has 174 valence electrons. The molecule has 1 amide bonds. The Morgan fingerprint density at radius 1 is 1.24 bits per heavy atom. The lowest BCUT2D eigenvalue weighted by molar-refractivity contribution is -0.137. The van der Waals surface area contributed by atoms with Gasteiger partial charge in [-0.05, 0) is 44.9 Å². The number of hydrogen-bond acceptors (Lipinski definition) is 8. The van der Waals surface area contributed by atoms with Crippen molar-refractivity contribution >= 4 is 34.1 Å². The minimum Gasteiger partial charge on any atom is -0.489 e. The molecular weight excluding hydrogens is 457 g/mol. The van der Waals surface area contributed by atoms with Gasteiger partial charge < -0.3 is 15.0 Å². The zero-order valence-electron chi connectivity index (χ0n) is 18.1. The molecule has 1 saturated carbocycles. The van der Waals surface area contributed by atoms with E-state index in [1.54, 1.807) is 18.3 Å². The number of pyridine rings is 2. The molecule has 33 heavy (non-hydrogen) atoms. The molecule has 12 heteroatoms. The first kappa shape index (κ1) is 22.9. The smallest absolute Gasteiger partial charge is 0.417 e. The van der Waals surface area contributed by atoms with E-state index < -0.39 is 11.7 Å². The number of aromatic nitrogens is 4. The van der Waals surface area contributed by atoms with E-state index in [-0.39, 0.29) is 29.4 Å². The highest BCUT2D eigenvalue weighted by Gasteiger charge is 2.36. The van der Waals surface area contributed by atoms with Gasteiger partial charge in [-0.2, -0.15) is 22.5 Å². The van der Waals surface area contributed by atoms with Crippen LogP contribution in [0.15, 0.2) is 30.6 Å². The maximum atomic E-state index is 13.3. The molecule has 3 aromatic heterocycles. The molecule has 1 aliphatic carbocycles. The second-order valence-corrected chi connectivity index (χ2v) is 8.61. The number of nitrogens with zero attached hydrogens (tertiary/aromatic N) is 5. The normalized spacial score (nSPS) is 13.8. The number of rotatable bonds is 7. The summed E-state index contributed by atoms with van der Waals surface area (Å²) < 4.78 is 49.6. The fourth-order valence-corrected chi connectivity index (χ4v) is 3.59. The van der Waals surface area contributed by atoms with Crippen molar-refractivity contribution in [2.75, 3.05) is 17.3 Å². The van der Waals surface area contributed by atoms with E-state index >= 15 is 0 Å². The third-order valence-corrected chi connectivity index (χ3v) is 5.43. The lowest BCUT2D eigenvalue weighted by atomic mass is 10.2. The van der Waals surface area contributed by atoms with Crippen molar-refractivity contribution in [2.24, 2.45) is 5.92 Å². The second-order valence-electron chi connectivity index (χ2n) is 7.85. The number of anilines is 3. The van der Waals surface area contributed by atoms with E-state index in [4.69, 9.17) is 4.74 Å². The van der Waals surface area contributed by atoms with Gasteiger partial charge in [-0.3, -0.25) is 4.79 Å². The molecule has 1 N–H and O–H groups in total. The minimum absolute atomic E-state index is 0.0150. The van der Waals surface area contributed by atoms with Crippen LogP contribution in [0, 0.1) is 5.92 Å². The Kier molecular flexibility index (Phi) is 6.19. The van der Waals surface area contributed by atoms with Crippen LogP contribution in [-0.4, -0.2) is 38.4 Å². The van der Waals surface area contributed by atoms with Gasteiger partial charge in [0.05, 0.1) is 23.6 Å². The number of halogens is 3. The summed E-state index contributed by atoms with van der Waals surface area (Å²) in [6.07, 6.45) is -0.828. The van der Waals surface area contributed by atoms with Crippen molar-refractivity contribution < 1.29 is 22.7 Å². The van der Waals surface area contributed by atoms with Crippen LogP contribution >= 0.6 is 11.5 Å². The van der Waals surface area contributed by atoms with E-state index in [2.05, 4.69) is 24.6 Å². The zero-order valence-corrected chi connectivity index (χ0v) is 18.9. The number of hydrogen-bond donors (Lipinski definition) is 1. The van der Waals surface area contributed by atoms with E-state index in [1.165, 1.54) is 11.9 Å². The molecule has 0 atom stereocenters. The Bertz CT molecular complexity index is 1150. The molecule has 0 aromatic carbocycles. The quantitative estimate of drug-likeness (QED) is 0.515. The van der Waals surface area contributed by atoms with Crippen LogP contribution in [0.3, 0.4) is 0 Å². The molecule has 3 heterocycles. The minimum atomic E-state index is -4.59. The fraction of sp³-hybridized carbons (Fsp3) is 0.381. The predicted octanol–water partition coefficient (Wildman–Crippen LogP) is 4.92. The molecule has 1 aliphatic rings. The largest absolute Gasteiger partial charge is 0.489 e. The molecular formula is C21H21F3N6O2S. The molecule has 0 saturated heterocycles. The molecule has 0 spiro atoms. The van der Waals surface area contributed by atoms with Gasteiger partial charge in [0.25, 0.3) is 0 Å². The number of nitrogens with one attached hydrogen (secondary N) is 1. The van der Waals surface area contributed by atoms with Crippen LogP contribution in [0.4, 0.5) is 29.8 Å². The van der Waals surface area contributed by atoms with Crippen molar-refractivity contribution in [3.63, 3.8) is 0 Å². The lowest BCUT2D eigenvalue weighted by Gasteiger charge is -2.21. The molecule has 0 unspecified atom stereocenters. The first-order chi connectivity index (χ1) is 15.6. The van der Waals surface area contributed by atoms with Crippen LogP contribution < -0.4 is 15.0 Å². The average molecular weight is 479 g/mol. The van der Waals surface area contributed by atoms with E-state index in [0.717, 1.165) is 36.6 Å². The van der Waals surface area contributed by atoms with Crippen molar-refractivity contribution in [3.05, 3.63) is 36.2 Å². The fourth-order valence-electron chi connectivity index (χ4n) is 3.02. The summed E-state index contributed by atoms with van der Waals surface area (Å²) >= 11 is 1.00. The van der Waals surface area contributed by atoms with Crippen LogP contribution in [0.2, 0.25) is 0 Å². The zero-order chi connectivity index (χ0) is 23.8. The molecule has 4 rings (SSSR count). The maximum Gasteiger partial charge on any atom is 0.417 e. The molecule has 3 aromatic rings. The van der Waals surface area contributed by atoms with Gasteiger partial charge in [0.1, 0.15) is 11.4 Å². The molecule has 0 bridgehead atoms. The van der Waals surface area contributed by atoms with Crippen LogP contribution in [0.25, 0.3) is 11.5 Å². The Labute approximate surface area is 192 Å². The number of amides is 1. The number of carbonyl (C=O) groups is 1. The Balaban J connectivity index is 1.58. The maximum absolute atomic E-state index is 13.3. The summed E-state index contributed by atoms with van der Waals surface area (Å²) in [4.78, 5) is 26.3. The molecule has 0 radical (unpaired) electrons. The van der Waals surface area contributed by atoms with E-state index in [0.29, 0.717) is 22.4 Å². The summed E-state index contributed by atoms with van der Waals surface area (Å²) in [6, 6.07) is 4.38. The number of ether oxygens (including phenoxy) is 1. The first-order valence-electron chi connectivity index (χ1n) is 10.2. The van der Waals surface area contributed by atoms with E-state index in [1.807, 2.05) is 13.8 Å². The van der Waals surface area contributed by atoms with Gasteiger partial charge in [-0.15, -0.1) is 0 Å². The Hall–Kier alpha value is -3.28. The summed E-state index contributed by atoms with van der Waals surface area (Å²) in [6.45, 7) is 3.82. The topological polar surface area (TPSA) is 93.1 Å². The summed E-state index contributed by atoms with van der Waals surface area (Å²) in [7, 11) is 1.44. The highest BCUT2D eigenvalue weighted by Crippen LogP contribution is 2.38. The number of alkyl halides is 3. The monoisotopic (exact) mass is 478 g/mol. The third kappa shape index (κ3) is 5.38. The van der Waals surface area contributed by atoms with Gasteiger partial charge in [0.15, 0.2) is 11.6 Å². The summed E-state index contributed by atoms with van der Waals surface area (Å²) in [5, 5.41) is 3.20. The molecule has 8 nitrogen and oxygen atoms in total. The predicted molar refractivity (Wildman–Crippen MR) is 118 cm³/mol. The van der Waals surface area contributed by atoms with Gasteiger partial charge in [-0.1, -0.05) is 0 Å². The second kappa shape index (κ2) is 8.93. The van der Waals surface area contributed by atoms with Crippen molar-refractivity contribution in [1.29, 1.82) is 0 Å². The lowest BCUT2D eigenvalue weighted by Crippen LogP contribution is -2.29. The van der Waals surface area contributed by atoms with Gasteiger partial charge in [0, 0.05) is 30.7 Å². The van der Waals surface area contributed by atoms with E-state index in [9.17, 15) is 18.0 Å². The highest BCUT2D eigenvalue weighted by molar-refractivity contribution is 7.09. The Morgan fingerprint density at radius 3 is 2.61 bits per heavy atom. The van der Waals surface area contributed by atoms with Crippen molar-refractivity contribution in [1.82, 2.24) is 19.3 Å². The van der Waals surface area contributed by atoms with Gasteiger partial charge in [-0.25, -0.2) is 9.97 Å². The average Bonchev–Trinajstić information content (AvgIpc) is 3.51. The number of carbonyl (C=O) groups excluding carboxylic acids is 1. The molecule has 1 fully saturated rings. The molecule has 0 aliphatic heterocycles. The van der Waals surface area contributed by atoms with Crippen molar-refractivity contribution in [2.45, 2.75) is 39.0 Å². The van der Waals surface area contributed by atoms with Crippen molar-refractivity contribution in [3.8, 4) is 17.3 Å². The van der Waals surface area contributed by atoms with Gasteiger partial charge >= 0.3 is 6.18 Å². The van der Waals surface area contributed by atoms with Crippen LogP contribution in [-0.2, 0) is 11.0 Å². The Morgan fingerprint density at radius 2 is 2.00 bits per heavy atom. The summed E-state index contributed by atoms with van der Waals surface area (Å²) in [5.74, 6) is 0.624. The SMILES string of the molecule is CC(C)Oc1ccc(-c2nsc(Nc3ncc(C(F)(F)F)cc3N(C)C(=O)C3CC3)n2)nc1. The third-order valence-electron chi connectivity index (χ3n) is 4.80. The highest BCUT2D eigenvalue weighted by atomic mass is 32.1. The van der Waals surface area contributed by atoms with Crippen LogP contribution in [0.1, 0.15) is 32.3 Å².